The van der Waals surface area contributed by atoms with Gasteiger partial charge in [0.15, 0.2) is 0 Å². The van der Waals surface area contributed by atoms with E-state index in [0.29, 0.717) is 12.5 Å². The van der Waals surface area contributed by atoms with E-state index in [1.807, 2.05) is 0 Å². The van der Waals surface area contributed by atoms with Crippen molar-refractivity contribution in [3.05, 3.63) is 12.7 Å². The summed E-state index contributed by atoms with van der Waals surface area (Å²) in [6.07, 6.45) is 2.67. The van der Waals surface area contributed by atoms with Gasteiger partial charge < -0.3 is 5.32 Å². The van der Waals surface area contributed by atoms with Crippen molar-refractivity contribution >= 4 is 0 Å². The topological polar surface area (TPSA) is 47.9 Å². The van der Waals surface area contributed by atoms with Crippen LogP contribution >= 0.6 is 0 Å². The van der Waals surface area contributed by atoms with Crippen molar-refractivity contribution in [1.29, 1.82) is 5.26 Å². The summed E-state index contributed by atoms with van der Waals surface area (Å²) in [6, 6.07) is 2.40. The number of hydrogen-bond acceptors (Lipinski definition) is 3. The van der Waals surface area contributed by atoms with E-state index in [-0.39, 0.29) is 5.54 Å². The second kappa shape index (κ2) is 4.40. The van der Waals surface area contributed by atoms with Crippen LogP contribution in [0.25, 0.3) is 0 Å². The van der Waals surface area contributed by atoms with Crippen molar-refractivity contribution in [3.63, 3.8) is 0 Å². The van der Waals surface area contributed by atoms with E-state index in [9.17, 15) is 0 Å². The zero-order valence-corrected chi connectivity index (χ0v) is 8.14. The Kier molecular flexibility index (Phi) is 3.47. The molecule has 3 nitrogen and oxygen atoms in total. The first-order valence-corrected chi connectivity index (χ1v) is 4.73. The Labute approximate surface area is 79.8 Å². The van der Waals surface area contributed by atoms with Crippen LogP contribution in [-0.2, 0) is 0 Å². The zero-order valence-electron chi connectivity index (χ0n) is 8.14. The predicted molar refractivity (Wildman–Crippen MR) is 53.2 cm³/mol. The maximum Gasteiger partial charge on any atom is 0.112 e. The van der Waals surface area contributed by atoms with Crippen molar-refractivity contribution in [2.45, 2.75) is 18.9 Å². The Balaban J connectivity index is 2.65. The summed E-state index contributed by atoms with van der Waals surface area (Å²) in [5.74, 6) is 0.353. The first kappa shape index (κ1) is 10.2. The van der Waals surface area contributed by atoms with E-state index in [4.69, 9.17) is 5.26 Å². The number of hydrogen-bond donors (Lipinski definition) is 2. The highest BCUT2D eigenvalue weighted by molar-refractivity contribution is 5.13. The van der Waals surface area contributed by atoms with Gasteiger partial charge in [-0.25, -0.2) is 0 Å². The summed E-state index contributed by atoms with van der Waals surface area (Å²) in [7, 11) is 0. The Hall–Kier alpha value is -0.850. The number of nitrogens with one attached hydrogen (secondary N) is 2. The third kappa shape index (κ3) is 2.09. The second-order valence-electron chi connectivity index (χ2n) is 3.61. The molecular formula is C10H17N3. The van der Waals surface area contributed by atoms with Crippen molar-refractivity contribution < 1.29 is 0 Å². The number of rotatable bonds is 3. The molecule has 1 rings (SSSR count). The van der Waals surface area contributed by atoms with Gasteiger partial charge in [-0.1, -0.05) is 13.0 Å². The molecular weight excluding hydrogens is 162 g/mol. The van der Waals surface area contributed by atoms with Gasteiger partial charge in [0.05, 0.1) is 6.07 Å². The van der Waals surface area contributed by atoms with Crippen LogP contribution < -0.4 is 10.6 Å². The van der Waals surface area contributed by atoms with Crippen molar-refractivity contribution in [3.8, 4) is 6.07 Å². The normalized spacial score (nSPS) is 33.7. The Morgan fingerprint density at radius 1 is 1.85 bits per heavy atom. The molecule has 0 bridgehead atoms. The van der Waals surface area contributed by atoms with Gasteiger partial charge in [0.25, 0.3) is 0 Å². The number of nitriles is 1. The minimum atomic E-state index is -0.348. The molecule has 0 saturated carbocycles. The van der Waals surface area contributed by atoms with Crippen molar-refractivity contribution in [2.24, 2.45) is 5.92 Å². The SMILES string of the molecule is C=CCNC1(C#N)CCNCC1C. The van der Waals surface area contributed by atoms with Crippen LogP contribution in [0.4, 0.5) is 0 Å². The monoisotopic (exact) mass is 179 g/mol. The van der Waals surface area contributed by atoms with Crippen LogP contribution in [0.1, 0.15) is 13.3 Å². The fourth-order valence-electron chi connectivity index (χ4n) is 1.75. The molecule has 1 saturated heterocycles. The molecule has 0 spiro atoms. The smallest absolute Gasteiger partial charge is 0.112 e. The van der Waals surface area contributed by atoms with Gasteiger partial charge in [0.2, 0.25) is 0 Å². The van der Waals surface area contributed by atoms with E-state index in [1.165, 1.54) is 0 Å². The second-order valence-corrected chi connectivity index (χ2v) is 3.61. The molecule has 2 N–H and O–H groups in total. The molecule has 0 aromatic carbocycles. The lowest BCUT2D eigenvalue weighted by Gasteiger charge is -2.37. The fraction of sp³-hybridized carbons (Fsp3) is 0.700. The molecule has 0 amide bonds. The molecule has 1 aliphatic rings. The summed E-state index contributed by atoms with van der Waals surface area (Å²) in [5.41, 5.74) is -0.348. The lowest BCUT2D eigenvalue weighted by Crippen LogP contribution is -2.57. The van der Waals surface area contributed by atoms with E-state index < -0.39 is 0 Å². The van der Waals surface area contributed by atoms with Crippen molar-refractivity contribution in [2.75, 3.05) is 19.6 Å². The molecule has 1 heterocycles. The molecule has 72 valence electrons. The van der Waals surface area contributed by atoms with Crippen LogP contribution in [0.2, 0.25) is 0 Å². The summed E-state index contributed by atoms with van der Waals surface area (Å²) in [5, 5.41) is 15.7. The first-order valence-electron chi connectivity index (χ1n) is 4.73. The van der Waals surface area contributed by atoms with Crippen LogP contribution in [0, 0.1) is 17.2 Å². The van der Waals surface area contributed by atoms with Crippen molar-refractivity contribution in [1.82, 2.24) is 10.6 Å². The average Bonchev–Trinajstić information content (AvgIpc) is 2.17. The number of nitrogens with zero attached hydrogens (tertiary/aromatic N) is 1. The molecule has 1 aliphatic heterocycles. The van der Waals surface area contributed by atoms with Gasteiger partial charge in [-0.2, -0.15) is 5.26 Å². The Bertz CT molecular complexity index is 219. The highest BCUT2D eigenvalue weighted by Crippen LogP contribution is 2.23. The largest absolute Gasteiger partial charge is 0.316 e. The minimum Gasteiger partial charge on any atom is -0.316 e. The van der Waals surface area contributed by atoms with Gasteiger partial charge in [-0.05, 0) is 13.0 Å². The average molecular weight is 179 g/mol. The minimum absolute atomic E-state index is 0.348. The molecule has 2 atom stereocenters. The first-order chi connectivity index (χ1) is 6.25. The molecule has 0 aliphatic carbocycles. The van der Waals surface area contributed by atoms with Gasteiger partial charge >= 0.3 is 0 Å². The molecule has 2 unspecified atom stereocenters. The standard InChI is InChI=1S/C10H17N3/c1-3-5-13-10(8-11)4-6-12-7-9(10)2/h3,9,12-13H,1,4-7H2,2H3. The van der Waals surface area contributed by atoms with Gasteiger partial charge in [0.1, 0.15) is 5.54 Å². The van der Waals surface area contributed by atoms with Gasteiger partial charge in [0, 0.05) is 19.0 Å². The third-order valence-electron chi connectivity index (χ3n) is 2.75. The maximum absolute atomic E-state index is 9.16. The van der Waals surface area contributed by atoms with Crippen LogP contribution in [0.15, 0.2) is 12.7 Å². The fourth-order valence-corrected chi connectivity index (χ4v) is 1.75. The predicted octanol–water partition coefficient (Wildman–Crippen LogP) is 0.654. The Morgan fingerprint density at radius 2 is 2.62 bits per heavy atom. The lowest BCUT2D eigenvalue weighted by atomic mass is 9.81. The molecule has 0 radical (unpaired) electrons. The number of piperidine rings is 1. The summed E-state index contributed by atoms with van der Waals surface area (Å²) >= 11 is 0. The van der Waals surface area contributed by atoms with Gasteiger partial charge in [-0.3, -0.25) is 5.32 Å². The van der Waals surface area contributed by atoms with Gasteiger partial charge in [-0.15, -0.1) is 6.58 Å². The zero-order chi connectivity index (χ0) is 9.73. The molecule has 1 fully saturated rings. The maximum atomic E-state index is 9.16. The van der Waals surface area contributed by atoms with E-state index in [0.717, 1.165) is 19.5 Å². The molecule has 13 heavy (non-hydrogen) atoms. The summed E-state index contributed by atoms with van der Waals surface area (Å²) in [6.45, 7) is 8.29. The van der Waals surface area contributed by atoms with E-state index >= 15 is 0 Å². The third-order valence-corrected chi connectivity index (χ3v) is 2.75. The highest BCUT2D eigenvalue weighted by Gasteiger charge is 2.37. The highest BCUT2D eigenvalue weighted by atomic mass is 15.0. The van der Waals surface area contributed by atoms with E-state index in [2.05, 4.69) is 30.2 Å². The van der Waals surface area contributed by atoms with Crippen LogP contribution in [-0.4, -0.2) is 25.2 Å². The summed E-state index contributed by atoms with van der Waals surface area (Å²) in [4.78, 5) is 0. The molecule has 3 heteroatoms. The van der Waals surface area contributed by atoms with Crippen LogP contribution in [0.3, 0.4) is 0 Å². The summed E-state index contributed by atoms with van der Waals surface area (Å²) < 4.78 is 0. The quantitative estimate of drug-likeness (QED) is 0.625. The molecule has 0 aromatic heterocycles. The Morgan fingerprint density at radius 3 is 3.15 bits per heavy atom. The van der Waals surface area contributed by atoms with Crippen LogP contribution in [0.5, 0.6) is 0 Å². The van der Waals surface area contributed by atoms with E-state index in [1.54, 1.807) is 6.08 Å². The lowest BCUT2D eigenvalue weighted by molar-refractivity contribution is 0.234. The molecule has 0 aromatic rings.